The van der Waals surface area contributed by atoms with Gasteiger partial charge in [0.15, 0.2) is 5.82 Å². The molecule has 0 N–H and O–H groups in total. The molecule has 8 nitrogen and oxygen atoms in total. The van der Waals surface area contributed by atoms with Crippen LogP contribution in [0.4, 0.5) is 5.82 Å². The molecule has 4 rings (SSSR count). The molecule has 0 bridgehead atoms. The Morgan fingerprint density at radius 3 is 2.48 bits per heavy atom. The molecule has 0 spiro atoms. The molecule has 2 aromatic heterocycles. The largest absolute Gasteiger partial charge is 0.378 e. The third-order valence-electron chi connectivity index (χ3n) is 5.65. The molecular weight excluding hydrogens is 368 g/mol. The van der Waals surface area contributed by atoms with E-state index in [0.717, 1.165) is 48.9 Å². The number of carbonyl (C=O) groups is 1. The van der Waals surface area contributed by atoms with Gasteiger partial charge < -0.3 is 14.5 Å². The molecule has 29 heavy (non-hydrogen) atoms. The molecule has 154 valence electrons. The molecule has 2 aliphatic heterocycles. The van der Waals surface area contributed by atoms with Crippen LogP contribution in [-0.4, -0.2) is 89.7 Å². The number of aromatic nitrogens is 3. The number of amides is 1. The summed E-state index contributed by atoms with van der Waals surface area (Å²) in [5, 5.41) is 0. The lowest BCUT2D eigenvalue weighted by atomic mass is 10.2. The van der Waals surface area contributed by atoms with E-state index in [2.05, 4.69) is 26.7 Å². The van der Waals surface area contributed by atoms with Crippen LogP contribution in [0, 0.1) is 13.8 Å². The maximum absolute atomic E-state index is 12.5. The summed E-state index contributed by atoms with van der Waals surface area (Å²) in [5.41, 5.74) is 2.86. The molecule has 2 saturated heterocycles. The molecule has 0 aliphatic carbocycles. The van der Waals surface area contributed by atoms with E-state index >= 15 is 0 Å². The Labute approximate surface area is 171 Å². The Hall–Kier alpha value is -2.58. The van der Waals surface area contributed by atoms with Crippen molar-refractivity contribution in [2.75, 3.05) is 63.9 Å². The molecule has 0 unspecified atom stereocenters. The molecule has 2 fully saturated rings. The van der Waals surface area contributed by atoms with Crippen LogP contribution < -0.4 is 4.90 Å². The molecule has 0 radical (unpaired) electrons. The molecule has 4 heterocycles. The number of hydrogen-bond donors (Lipinski definition) is 0. The van der Waals surface area contributed by atoms with Gasteiger partial charge in [0.2, 0.25) is 5.91 Å². The monoisotopic (exact) mass is 396 g/mol. The fraction of sp³-hybridized carbons (Fsp3) is 0.524. The van der Waals surface area contributed by atoms with E-state index < -0.39 is 0 Å². The van der Waals surface area contributed by atoms with E-state index in [-0.39, 0.29) is 5.91 Å². The summed E-state index contributed by atoms with van der Waals surface area (Å²) in [4.78, 5) is 32.8. The van der Waals surface area contributed by atoms with Gasteiger partial charge in [-0.2, -0.15) is 0 Å². The first-order valence-electron chi connectivity index (χ1n) is 10.2. The summed E-state index contributed by atoms with van der Waals surface area (Å²) >= 11 is 0. The summed E-state index contributed by atoms with van der Waals surface area (Å²) in [6, 6.07) is 5.77. The first-order valence-corrected chi connectivity index (χ1v) is 10.2. The molecule has 0 atom stereocenters. The Balaban J connectivity index is 1.41. The highest BCUT2D eigenvalue weighted by Gasteiger charge is 2.25. The van der Waals surface area contributed by atoms with Gasteiger partial charge in [0.1, 0.15) is 11.5 Å². The fourth-order valence-corrected chi connectivity index (χ4v) is 3.75. The lowest BCUT2D eigenvalue weighted by Crippen LogP contribution is -2.51. The maximum atomic E-state index is 12.5. The summed E-state index contributed by atoms with van der Waals surface area (Å²) in [7, 11) is 0. The van der Waals surface area contributed by atoms with Crippen molar-refractivity contribution in [3.8, 4) is 11.5 Å². The average molecular weight is 396 g/mol. The highest BCUT2D eigenvalue weighted by molar-refractivity contribution is 5.78. The minimum atomic E-state index is 0.202. The number of morpholine rings is 1. The van der Waals surface area contributed by atoms with E-state index in [4.69, 9.17) is 9.72 Å². The summed E-state index contributed by atoms with van der Waals surface area (Å²) in [6.07, 6.45) is 1.76. The molecular formula is C21H28N6O2. The van der Waals surface area contributed by atoms with Crippen molar-refractivity contribution in [1.29, 1.82) is 0 Å². The normalized spacial score (nSPS) is 18.1. The van der Waals surface area contributed by atoms with Crippen molar-refractivity contribution in [1.82, 2.24) is 24.8 Å². The number of pyridine rings is 1. The van der Waals surface area contributed by atoms with Gasteiger partial charge in [0.05, 0.1) is 19.8 Å². The Bertz CT molecular complexity index is 846. The number of carbonyl (C=O) groups excluding carboxylic acids is 1. The van der Waals surface area contributed by atoms with Crippen LogP contribution in [0.3, 0.4) is 0 Å². The van der Waals surface area contributed by atoms with Gasteiger partial charge in [0, 0.05) is 56.7 Å². The second kappa shape index (κ2) is 8.84. The van der Waals surface area contributed by atoms with E-state index in [1.807, 2.05) is 30.0 Å². The minimum Gasteiger partial charge on any atom is -0.378 e. The second-order valence-corrected chi connectivity index (χ2v) is 7.55. The van der Waals surface area contributed by atoms with Crippen molar-refractivity contribution < 1.29 is 9.53 Å². The van der Waals surface area contributed by atoms with Crippen LogP contribution >= 0.6 is 0 Å². The number of aryl methyl sites for hydroxylation is 1. The number of ether oxygens (including phenoxy) is 1. The predicted molar refractivity (Wildman–Crippen MR) is 111 cm³/mol. The van der Waals surface area contributed by atoms with Gasteiger partial charge in [0.25, 0.3) is 0 Å². The first-order chi connectivity index (χ1) is 14.1. The predicted octanol–water partition coefficient (Wildman–Crippen LogP) is 1.14. The van der Waals surface area contributed by atoms with Gasteiger partial charge in [-0.05, 0) is 26.0 Å². The molecule has 8 heteroatoms. The zero-order valence-electron chi connectivity index (χ0n) is 17.2. The van der Waals surface area contributed by atoms with Crippen molar-refractivity contribution in [3.05, 3.63) is 35.7 Å². The SMILES string of the molecule is Cc1nc(-c2ccccn2)nc(N2CCN(CC(=O)N3CCOCC3)CC2)c1C. The number of hydrogen-bond acceptors (Lipinski definition) is 7. The van der Waals surface area contributed by atoms with E-state index in [9.17, 15) is 4.79 Å². The zero-order chi connectivity index (χ0) is 20.2. The third-order valence-corrected chi connectivity index (χ3v) is 5.65. The van der Waals surface area contributed by atoms with Crippen molar-refractivity contribution in [2.45, 2.75) is 13.8 Å². The third kappa shape index (κ3) is 4.54. The quantitative estimate of drug-likeness (QED) is 0.767. The number of anilines is 1. The van der Waals surface area contributed by atoms with E-state index in [1.54, 1.807) is 6.20 Å². The highest BCUT2D eigenvalue weighted by atomic mass is 16.5. The van der Waals surface area contributed by atoms with Crippen LogP contribution in [0.5, 0.6) is 0 Å². The second-order valence-electron chi connectivity index (χ2n) is 7.55. The highest BCUT2D eigenvalue weighted by Crippen LogP contribution is 2.24. The van der Waals surface area contributed by atoms with Gasteiger partial charge in [-0.1, -0.05) is 6.07 Å². The van der Waals surface area contributed by atoms with Crippen molar-refractivity contribution >= 4 is 11.7 Å². The molecule has 1 amide bonds. The maximum Gasteiger partial charge on any atom is 0.236 e. The van der Waals surface area contributed by atoms with Crippen LogP contribution in [-0.2, 0) is 9.53 Å². The minimum absolute atomic E-state index is 0.202. The summed E-state index contributed by atoms with van der Waals surface area (Å²) in [6.45, 7) is 10.6. The average Bonchev–Trinajstić information content (AvgIpc) is 2.77. The summed E-state index contributed by atoms with van der Waals surface area (Å²) in [5.74, 6) is 1.83. The van der Waals surface area contributed by atoms with E-state index in [1.165, 1.54) is 0 Å². The summed E-state index contributed by atoms with van der Waals surface area (Å²) < 4.78 is 5.33. The molecule has 2 aromatic rings. The van der Waals surface area contributed by atoms with E-state index in [0.29, 0.717) is 38.7 Å². The Kier molecular flexibility index (Phi) is 6.01. The Morgan fingerprint density at radius 2 is 1.79 bits per heavy atom. The lowest BCUT2D eigenvalue weighted by Gasteiger charge is -2.37. The van der Waals surface area contributed by atoms with Crippen LogP contribution in [0.15, 0.2) is 24.4 Å². The zero-order valence-corrected chi connectivity index (χ0v) is 17.2. The standard InChI is InChI=1S/C21H28N6O2/c1-16-17(2)23-20(18-5-3-4-6-22-18)24-21(16)27-9-7-25(8-10-27)15-19(28)26-11-13-29-14-12-26/h3-6H,7-15H2,1-2H3. The van der Waals surface area contributed by atoms with Crippen LogP contribution in [0.2, 0.25) is 0 Å². The Morgan fingerprint density at radius 1 is 1.03 bits per heavy atom. The smallest absolute Gasteiger partial charge is 0.236 e. The van der Waals surface area contributed by atoms with Gasteiger partial charge in [-0.3, -0.25) is 14.7 Å². The van der Waals surface area contributed by atoms with Crippen LogP contribution in [0.1, 0.15) is 11.3 Å². The van der Waals surface area contributed by atoms with Crippen LogP contribution in [0.25, 0.3) is 11.5 Å². The molecule has 0 aromatic carbocycles. The van der Waals surface area contributed by atoms with Gasteiger partial charge >= 0.3 is 0 Å². The number of piperazine rings is 1. The van der Waals surface area contributed by atoms with Crippen molar-refractivity contribution in [2.24, 2.45) is 0 Å². The lowest BCUT2D eigenvalue weighted by molar-refractivity contribution is -0.136. The number of rotatable bonds is 4. The fourth-order valence-electron chi connectivity index (χ4n) is 3.75. The van der Waals surface area contributed by atoms with Gasteiger partial charge in [-0.15, -0.1) is 0 Å². The topological polar surface area (TPSA) is 74.7 Å². The van der Waals surface area contributed by atoms with Gasteiger partial charge in [-0.25, -0.2) is 9.97 Å². The molecule has 2 aliphatic rings. The number of nitrogens with zero attached hydrogens (tertiary/aromatic N) is 6. The molecule has 0 saturated carbocycles. The van der Waals surface area contributed by atoms with Crippen molar-refractivity contribution in [3.63, 3.8) is 0 Å². The first kappa shape index (κ1) is 19.7.